The molecule has 2 rings (SSSR count). The van der Waals surface area contributed by atoms with Gasteiger partial charge < -0.3 is 5.32 Å². The number of carbonyl (C=O) groups excluding carboxylic acids is 1. The number of amides is 1. The molecular weight excluding hydrogens is 324 g/mol. The van der Waals surface area contributed by atoms with Crippen LogP contribution in [0.15, 0.2) is 47.4 Å². The van der Waals surface area contributed by atoms with E-state index in [0.29, 0.717) is 22.7 Å². The first-order valence-electron chi connectivity index (χ1n) is 7.88. The van der Waals surface area contributed by atoms with Crippen molar-refractivity contribution < 1.29 is 13.2 Å². The average molecular weight is 346 g/mol. The van der Waals surface area contributed by atoms with E-state index >= 15 is 0 Å². The second-order valence-corrected chi connectivity index (χ2v) is 7.16. The second kappa shape index (κ2) is 7.49. The molecule has 0 aliphatic heterocycles. The second-order valence-electron chi connectivity index (χ2n) is 5.51. The van der Waals surface area contributed by atoms with Gasteiger partial charge in [0.05, 0.1) is 4.90 Å². The van der Waals surface area contributed by atoms with Crippen LogP contribution in [-0.2, 0) is 27.7 Å². The molecule has 0 saturated carbocycles. The van der Waals surface area contributed by atoms with E-state index in [1.165, 1.54) is 6.92 Å². The van der Waals surface area contributed by atoms with E-state index in [0.717, 1.165) is 17.5 Å². The molecule has 0 bridgehead atoms. The van der Waals surface area contributed by atoms with E-state index in [2.05, 4.69) is 10.0 Å². The number of rotatable bonds is 6. The van der Waals surface area contributed by atoms with Gasteiger partial charge in [-0.05, 0) is 54.3 Å². The fraction of sp³-hybridized carbons (Fsp3) is 0.278. The van der Waals surface area contributed by atoms with Gasteiger partial charge in [0.2, 0.25) is 5.91 Å². The summed E-state index contributed by atoms with van der Waals surface area (Å²) in [5, 5.41) is 2.64. The molecule has 6 heteroatoms. The van der Waals surface area contributed by atoms with Crippen molar-refractivity contribution in [3.63, 3.8) is 0 Å². The van der Waals surface area contributed by atoms with E-state index in [1.54, 1.807) is 30.3 Å². The summed E-state index contributed by atoms with van der Waals surface area (Å²) in [5.41, 5.74) is 2.84. The minimum absolute atomic E-state index is 0.174. The largest absolute Gasteiger partial charge is 0.326 e. The van der Waals surface area contributed by atoms with Crippen molar-refractivity contribution in [2.45, 2.75) is 38.5 Å². The summed E-state index contributed by atoms with van der Waals surface area (Å²) >= 11 is 0. The molecule has 0 unspecified atom stereocenters. The third-order valence-corrected chi connectivity index (χ3v) is 5.13. The van der Waals surface area contributed by atoms with E-state index in [-0.39, 0.29) is 5.91 Å². The molecule has 2 aromatic carbocycles. The molecule has 0 atom stereocenters. The monoisotopic (exact) mass is 346 g/mol. The van der Waals surface area contributed by atoms with Gasteiger partial charge in [-0.2, -0.15) is 0 Å². The first-order chi connectivity index (χ1) is 11.4. The van der Waals surface area contributed by atoms with Crippen LogP contribution < -0.4 is 10.0 Å². The minimum atomic E-state index is -3.66. The van der Waals surface area contributed by atoms with E-state index in [1.807, 2.05) is 26.0 Å². The van der Waals surface area contributed by atoms with Gasteiger partial charge in [-0.3, -0.25) is 9.52 Å². The Labute approximate surface area is 143 Å². The Morgan fingerprint density at radius 1 is 0.958 bits per heavy atom. The molecule has 2 N–H and O–H groups in total. The summed E-state index contributed by atoms with van der Waals surface area (Å²) in [6.45, 7) is 5.34. The summed E-state index contributed by atoms with van der Waals surface area (Å²) in [7, 11) is -3.66. The molecule has 0 fully saturated rings. The molecule has 0 spiro atoms. The lowest BCUT2D eigenvalue weighted by molar-refractivity contribution is -0.114. The van der Waals surface area contributed by atoms with E-state index < -0.39 is 10.0 Å². The van der Waals surface area contributed by atoms with E-state index in [4.69, 9.17) is 0 Å². The van der Waals surface area contributed by atoms with Crippen LogP contribution in [0.4, 0.5) is 11.4 Å². The fourth-order valence-corrected chi connectivity index (χ4v) is 3.82. The molecule has 0 aliphatic rings. The first-order valence-corrected chi connectivity index (χ1v) is 9.36. The highest BCUT2D eigenvalue weighted by molar-refractivity contribution is 7.92. The molecule has 1 amide bonds. The zero-order valence-electron chi connectivity index (χ0n) is 14.1. The summed E-state index contributed by atoms with van der Waals surface area (Å²) in [4.78, 5) is 11.3. The van der Waals surface area contributed by atoms with Crippen LogP contribution in [0.1, 0.15) is 31.9 Å². The lowest BCUT2D eigenvalue weighted by Gasteiger charge is -2.13. The third-order valence-electron chi connectivity index (χ3n) is 3.67. The van der Waals surface area contributed by atoms with Gasteiger partial charge in [-0.25, -0.2) is 8.42 Å². The average Bonchev–Trinajstić information content (AvgIpc) is 2.55. The van der Waals surface area contributed by atoms with Crippen LogP contribution in [0.3, 0.4) is 0 Å². The number of hydrogen-bond acceptors (Lipinski definition) is 3. The summed E-state index contributed by atoms with van der Waals surface area (Å²) in [5.74, 6) is -0.174. The lowest BCUT2D eigenvalue weighted by atomic mass is 10.1. The Kier molecular flexibility index (Phi) is 5.62. The Bertz CT molecular complexity index is 828. The van der Waals surface area contributed by atoms with Gasteiger partial charge in [0, 0.05) is 18.3 Å². The van der Waals surface area contributed by atoms with Crippen LogP contribution >= 0.6 is 0 Å². The number of carbonyl (C=O) groups is 1. The molecule has 5 nitrogen and oxygen atoms in total. The zero-order chi connectivity index (χ0) is 17.7. The molecule has 0 radical (unpaired) electrons. The van der Waals surface area contributed by atoms with Gasteiger partial charge in [0.15, 0.2) is 0 Å². The summed E-state index contributed by atoms with van der Waals surface area (Å²) in [6.07, 6.45) is 1.42. The molecule has 24 heavy (non-hydrogen) atoms. The topological polar surface area (TPSA) is 75.3 Å². The maximum atomic E-state index is 12.7. The Balaban J connectivity index is 2.29. The van der Waals surface area contributed by atoms with Crippen molar-refractivity contribution in [3.8, 4) is 0 Å². The Hall–Kier alpha value is -2.34. The number of aryl methyl sites for hydroxylation is 2. The SMILES string of the molecule is CCc1ccc(CC)c(S(=O)(=O)Nc2ccc(NC(C)=O)cc2)c1. The van der Waals surface area contributed by atoms with Crippen molar-refractivity contribution in [3.05, 3.63) is 53.6 Å². The van der Waals surface area contributed by atoms with Crippen molar-refractivity contribution in [2.75, 3.05) is 10.0 Å². The number of benzene rings is 2. The smallest absolute Gasteiger partial charge is 0.262 e. The van der Waals surface area contributed by atoms with E-state index in [9.17, 15) is 13.2 Å². The van der Waals surface area contributed by atoms with Crippen molar-refractivity contribution in [2.24, 2.45) is 0 Å². The van der Waals surface area contributed by atoms with Crippen LogP contribution in [-0.4, -0.2) is 14.3 Å². The lowest BCUT2D eigenvalue weighted by Crippen LogP contribution is -2.15. The molecule has 2 aromatic rings. The molecule has 0 saturated heterocycles. The number of nitrogens with one attached hydrogen (secondary N) is 2. The fourth-order valence-electron chi connectivity index (χ4n) is 2.40. The molecule has 128 valence electrons. The van der Waals surface area contributed by atoms with Crippen LogP contribution in [0.5, 0.6) is 0 Å². The highest BCUT2D eigenvalue weighted by atomic mass is 32.2. The molecule has 0 aliphatic carbocycles. The first kappa shape index (κ1) is 18.0. The molecular formula is C18H22N2O3S. The predicted octanol–water partition coefficient (Wildman–Crippen LogP) is 3.57. The van der Waals surface area contributed by atoms with Crippen molar-refractivity contribution >= 4 is 27.3 Å². The highest BCUT2D eigenvalue weighted by Crippen LogP contribution is 2.23. The van der Waals surface area contributed by atoms with Gasteiger partial charge in [0.1, 0.15) is 0 Å². The Morgan fingerprint density at radius 3 is 2.12 bits per heavy atom. The third kappa shape index (κ3) is 4.35. The van der Waals surface area contributed by atoms with Gasteiger partial charge in [0.25, 0.3) is 10.0 Å². The number of hydrogen-bond donors (Lipinski definition) is 2. The van der Waals surface area contributed by atoms with Gasteiger partial charge >= 0.3 is 0 Å². The van der Waals surface area contributed by atoms with Gasteiger partial charge in [-0.1, -0.05) is 26.0 Å². The highest BCUT2D eigenvalue weighted by Gasteiger charge is 2.18. The van der Waals surface area contributed by atoms with Crippen LogP contribution in [0, 0.1) is 0 Å². The quantitative estimate of drug-likeness (QED) is 0.839. The van der Waals surface area contributed by atoms with Crippen LogP contribution in [0.25, 0.3) is 0 Å². The standard InChI is InChI=1S/C18H22N2O3S/c1-4-14-6-7-15(5-2)18(12-14)24(22,23)20-17-10-8-16(9-11-17)19-13(3)21/h6-12,20H,4-5H2,1-3H3,(H,19,21). The van der Waals surface area contributed by atoms with Gasteiger partial charge in [-0.15, -0.1) is 0 Å². The number of anilines is 2. The van der Waals surface area contributed by atoms with Crippen molar-refractivity contribution in [1.29, 1.82) is 0 Å². The maximum absolute atomic E-state index is 12.7. The van der Waals surface area contributed by atoms with Crippen LogP contribution in [0.2, 0.25) is 0 Å². The normalized spacial score (nSPS) is 11.1. The Morgan fingerprint density at radius 2 is 1.58 bits per heavy atom. The maximum Gasteiger partial charge on any atom is 0.262 e. The summed E-state index contributed by atoms with van der Waals surface area (Å²) < 4.78 is 28.1. The predicted molar refractivity (Wildman–Crippen MR) is 96.8 cm³/mol. The zero-order valence-corrected chi connectivity index (χ0v) is 14.9. The number of sulfonamides is 1. The minimum Gasteiger partial charge on any atom is -0.326 e. The van der Waals surface area contributed by atoms with Crippen molar-refractivity contribution in [1.82, 2.24) is 0 Å². The summed E-state index contributed by atoms with van der Waals surface area (Å²) in [6, 6.07) is 12.1. The molecule has 0 heterocycles. The molecule has 0 aromatic heterocycles.